The molecule has 12 heteroatoms. The van der Waals surface area contributed by atoms with Gasteiger partial charge in [0.2, 0.25) is 0 Å². The van der Waals surface area contributed by atoms with E-state index in [-0.39, 0.29) is 65.6 Å². The van der Waals surface area contributed by atoms with Crippen LogP contribution in [-0.2, 0) is 23.7 Å². The number of thioether (sulfide) groups is 1. The quantitative estimate of drug-likeness (QED) is 0.0383. The minimum Gasteiger partial charge on any atom is -0.491 e. The third kappa shape index (κ3) is 20.1. The molecule has 0 aliphatic rings. The molecule has 0 radical (unpaired) electrons. The smallest absolute Gasteiger partial charge is 0.119 e. The van der Waals surface area contributed by atoms with Crippen LogP contribution in [-0.4, -0.2) is 113 Å². The number of rotatable bonds is 35. The zero-order chi connectivity index (χ0) is 48.0. The van der Waals surface area contributed by atoms with Crippen LogP contribution in [0.25, 0.3) is 0 Å². The van der Waals surface area contributed by atoms with Gasteiger partial charge in [0.15, 0.2) is 0 Å². The van der Waals surface area contributed by atoms with Crippen molar-refractivity contribution >= 4 is 11.8 Å². The molecule has 0 amide bonds. The van der Waals surface area contributed by atoms with E-state index in [2.05, 4.69) is 12.1 Å². The zero-order valence-corrected chi connectivity index (χ0v) is 40.7. The summed E-state index contributed by atoms with van der Waals surface area (Å²) < 4.78 is 64.4. The fourth-order valence-electron chi connectivity index (χ4n) is 6.93. The van der Waals surface area contributed by atoms with E-state index in [1.54, 1.807) is 11.8 Å². The van der Waals surface area contributed by atoms with Gasteiger partial charge in [0.25, 0.3) is 0 Å². The lowest BCUT2D eigenvalue weighted by Crippen LogP contribution is -2.44. The van der Waals surface area contributed by atoms with Crippen molar-refractivity contribution < 1.29 is 52.5 Å². The largest absolute Gasteiger partial charge is 0.491 e. The van der Waals surface area contributed by atoms with Crippen molar-refractivity contribution in [3.05, 3.63) is 182 Å². The molecule has 0 saturated carbocycles. The number of benzene rings is 6. The van der Waals surface area contributed by atoms with Crippen molar-refractivity contribution in [2.24, 2.45) is 0 Å². The minimum absolute atomic E-state index is 0.133. The highest BCUT2D eigenvalue weighted by Gasteiger charge is 2.31. The summed E-state index contributed by atoms with van der Waals surface area (Å²) in [5, 5.41) is 10.5. The van der Waals surface area contributed by atoms with Crippen LogP contribution in [0.15, 0.2) is 187 Å². The molecule has 0 bridgehead atoms. The van der Waals surface area contributed by atoms with Gasteiger partial charge in [0, 0.05) is 10.6 Å². The van der Waals surface area contributed by atoms with E-state index in [1.807, 2.05) is 184 Å². The summed E-state index contributed by atoms with van der Waals surface area (Å²) in [4.78, 5) is 1.14. The summed E-state index contributed by atoms with van der Waals surface area (Å²) >= 11 is 1.71. The van der Waals surface area contributed by atoms with E-state index in [9.17, 15) is 5.11 Å². The first-order valence-electron chi connectivity index (χ1n) is 23.8. The van der Waals surface area contributed by atoms with Crippen molar-refractivity contribution in [3.8, 4) is 28.7 Å². The zero-order valence-electron chi connectivity index (χ0n) is 39.8. The van der Waals surface area contributed by atoms with Crippen molar-refractivity contribution in [1.82, 2.24) is 0 Å². The summed E-state index contributed by atoms with van der Waals surface area (Å²) in [6.45, 7) is 5.70. The molecule has 11 nitrogen and oxygen atoms in total. The van der Waals surface area contributed by atoms with Crippen LogP contribution in [0.3, 0.4) is 0 Å². The normalized spacial score (nSPS) is 13.7. The molecule has 6 rings (SSSR count). The molecule has 0 spiro atoms. The highest BCUT2D eigenvalue weighted by Crippen LogP contribution is 2.24. The molecule has 0 aliphatic heterocycles. The SMILES string of the molecule is CCC(CC)(CO)OC(COc1ccccc1)COC(COc1ccccc1)COC(COc1ccccc1)COC(COc1ccccc1)COC(COc1ccccc1)CSc1ccccc1. The Morgan fingerprint density at radius 3 is 0.957 bits per heavy atom. The average molecular weight is 961 g/mol. The number of aliphatic hydroxyl groups excluding tert-OH is 1. The Kier molecular flexibility index (Phi) is 23.6. The average Bonchev–Trinajstić information content (AvgIpc) is 3.42. The molecule has 5 unspecified atom stereocenters. The molecule has 6 aromatic rings. The van der Waals surface area contributed by atoms with Gasteiger partial charge in [-0.05, 0) is 85.6 Å². The van der Waals surface area contributed by atoms with Crippen LogP contribution >= 0.6 is 11.8 Å². The first kappa shape index (κ1) is 52.8. The van der Waals surface area contributed by atoms with Gasteiger partial charge < -0.3 is 52.5 Å². The fourth-order valence-corrected chi connectivity index (χ4v) is 7.85. The molecule has 0 heterocycles. The topological polar surface area (TPSA) is 113 Å². The third-order valence-corrected chi connectivity index (χ3v) is 12.3. The van der Waals surface area contributed by atoms with E-state index < -0.39 is 30.0 Å². The van der Waals surface area contributed by atoms with E-state index in [0.29, 0.717) is 42.4 Å². The number of para-hydroxylation sites is 5. The molecular formula is C57H68O11S. The van der Waals surface area contributed by atoms with Crippen LogP contribution in [0.4, 0.5) is 0 Å². The predicted molar refractivity (Wildman–Crippen MR) is 271 cm³/mol. The van der Waals surface area contributed by atoms with E-state index in [1.165, 1.54) is 0 Å². The Morgan fingerprint density at radius 1 is 0.362 bits per heavy atom. The second-order valence-electron chi connectivity index (χ2n) is 16.4. The Morgan fingerprint density at radius 2 is 0.638 bits per heavy atom. The molecule has 0 saturated heterocycles. The van der Waals surface area contributed by atoms with Crippen LogP contribution in [0.1, 0.15) is 26.7 Å². The maximum absolute atomic E-state index is 10.5. The molecule has 1 N–H and O–H groups in total. The van der Waals surface area contributed by atoms with Crippen LogP contribution in [0, 0.1) is 0 Å². The van der Waals surface area contributed by atoms with Gasteiger partial charge in [0.05, 0.1) is 38.6 Å². The van der Waals surface area contributed by atoms with Gasteiger partial charge in [-0.25, -0.2) is 0 Å². The maximum Gasteiger partial charge on any atom is 0.119 e. The second kappa shape index (κ2) is 30.8. The Bertz CT molecular complexity index is 2120. The Balaban J connectivity index is 1.17. The predicted octanol–water partition coefficient (Wildman–Crippen LogP) is 10.7. The standard InChI is InChI=1S/C57H68O11S/c1-3-57(4-2,45-58)68-54(41-62-49-29-17-8-18-30-49)42-66-52(36-60-47-25-13-6-14-26-47)39-64-51(35-59-46-23-11-5-12-24-46)38-65-53(37-61-48-27-15-7-16-28-48)40-67-55(43-63-50-31-19-9-20-32-50)44-69-56-33-21-10-22-34-56/h5-34,51-55,58H,3-4,35-45H2,1-2H3. The molecule has 368 valence electrons. The molecular weight excluding hydrogens is 893 g/mol. The second-order valence-corrected chi connectivity index (χ2v) is 17.4. The van der Waals surface area contributed by atoms with Crippen molar-refractivity contribution in [3.63, 3.8) is 0 Å². The van der Waals surface area contributed by atoms with Crippen LogP contribution in [0.5, 0.6) is 28.7 Å². The Labute approximate surface area is 412 Å². The minimum atomic E-state index is -0.752. The Hall–Kier alpha value is -5.57. The van der Waals surface area contributed by atoms with E-state index in [0.717, 1.165) is 16.4 Å². The summed E-state index contributed by atoms with van der Waals surface area (Å²) in [5.41, 5.74) is -0.752. The molecule has 0 aromatic heterocycles. The third-order valence-electron chi connectivity index (χ3n) is 11.1. The highest BCUT2D eigenvalue weighted by molar-refractivity contribution is 7.99. The van der Waals surface area contributed by atoms with Crippen LogP contribution < -0.4 is 23.7 Å². The molecule has 0 aliphatic carbocycles. The lowest BCUT2D eigenvalue weighted by molar-refractivity contribution is -0.168. The lowest BCUT2D eigenvalue weighted by Gasteiger charge is -2.35. The fraction of sp³-hybridized carbons (Fsp3) is 0.368. The molecule has 0 fully saturated rings. The van der Waals surface area contributed by atoms with Crippen molar-refractivity contribution in [2.75, 3.05) is 71.8 Å². The first-order valence-corrected chi connectivity index (χ1v) is 24.8. The van der Waals surface area contributed by atoms with E-state index >= 15 is 0 Å². The van der Waals surface area contributed by atoms with Crippen molar-refractivity contribution in [1.29, 1.82) is 0 Å². The molecule has 5 atom stereocenters. The number of hydrogen-bond donors (Lipinski definition) is 1. The number of hydrogen-bond acceptors (Lipinski definition) is 12. The highest BCUT2D eigenvalue weighted by atomic mass is 32.2. The summed E-state index contributed by atoms with van der Waals surface area (Å²) in [6, 6.07) is 58.4. The van der Waals surface area contributed by atoms with Gasteiger partial charge in [-0.1, -0.05) is 123 Å². The summed E-state index contributed by atoms with van der Waals surface area (Å²) in [6.07, 6.45) is -1.14. The van der Waals surface area contributed by atoms with E-state index in [4.69, 9.17) is 47.4 Å². The van der Waals surface area contributed by atoms with Crippen LogP contribution in [0.2, 0.25) is 0 Å². The first-order chi connectivity index (χ1) is 34.0. The molecule has 69 heavy (non-hydrogen) atoms. The van der Waals surface area contributed by atoms with Gasteiger partial charge in [-0.3, -0.25) is 0 Å². The van der Waals surface area contributed by atoms with Crippen molar-refractivity contribution in [2.45, 2.75) is 67.7 Å². The maximum atomic E-state index is 10.5. The lowest BCUT2D eigenvalue weighted by atomic mass is 9.98. The monoisotopic (exact) mass is 960 g/mol. The van der Waals surface area contributed by atoms with Gasteiger partial charge >= 0.3 is 0 Å². The number of ether oxygens (including phenoxy) is 10. The van der Waals surface area contributed by atoms with Gasteiger partial charge in [-0.2, -0.15) is 0 Å². The van der Waals surface area contributed by atoms with Gasteiger partial charge in [0.1, 0.15) is 92.3 Å². The summed E-state index contributed by atoms with van der Waals surface area (Å²) in [7, 11) is 0. The van der Waals surface area contributed by atoms with Gasteiger partial charge in [-0.15, -0.1) is 11.8 Å². The number of aliphatic hydroxyl groups is 1. The molecule has 6 aromatic carbocycles. The summed E-state index contributed by atoms with van der Waals surface area (Å²) in [5.74, 6) is 4.27.